The predicted octanol–water partition coefficient (Wildman–Crippen LogP) is 3.66. The summed E-state index contributed by atoms with van der Waals surface area (Å²) in [5, 5.41) is 11.5. The SMILES string of the molecule is C[C@@H]1COCCN1c1cc(C2(C#N)Cc3ccc(o3)C2)c2ccnc(Cl)c2n1. The Morgan fingerprint density at radius 2 is 2.07 bits per heavy atom. The minimum atomic E-state index is -0.720. The molecule has 2 aliphatic rings. The van der Waals surface area contributed by atoms with E-state index in [0.29, 0.717) is 36.7 Å². The molecule has 3 aromatic rings. The smallest absolute Gasteiger partial charge is 0.155 e. The monoisotopic (exact) mass is 394 g/mol. The van der Waals surface area contributed by atoms with Gasteiger partial charge < -0.3 is 14.1 Å². The maximum atomic E-state index is 10.3. The van der Waals surface area contributed by atoms with Gasteiger partial charge in [-0.3, -0.25) is 0 Å². The van der Waals surface area contributed by atoms with E-state index in [2.05, 4.69) is 28.9 Å². The maximum Gasteiger partial charge on any atom is 0.155 e. The largest absolute Gasteiger partial charge is 0.466 e. The van der Waals surface area contributed by atoms with Crippen LogP contribution in [0.25, 0.3) is 10.9 Å². The van der Waals surface area contributed by atoms with Crippen LogP contribution in [0.2, 0.25) is 5.15 Å². The number of hydrogen-bond donors (Lipinski definition) is 0. The molecular formula is C21H19ClN4O2. The van der Waals surface area contributed by atoms with Gasteiger partial charge in [0, 0.05) is 31.0 Å². The summed E-state index contributed by atoms with van der Waals surface area (Å²) in [4.78, 5) is 11.3. The van der Waals surface area contributed by atoms with E-state index in [0.717, 1.165) is 34.8 Å². The molecule has 1 atom stereocenters. The van der Waals surface area contributed by atoms with Crippen molar-refractivity contribution in [3.63, 3.8) is 0 Å². The van der Waals surface area contributed by atoms with E-state index in [9.17, 15) is 5.26 Å². The zero-order valence-electron chi connectivity index (χ0n) is 15.5. The van der Waals surface area contributed by atoms with Crippen LogP contribution in [-0.4, -0.2) is 35.8 Å². The van der Waals surface area contributed by atoms with E-state index in [4.69, 9.17) is 25.7 Å². The summed E-state index contributed by atoms with van der Waals surface area (Å²) >= 11 is 6.43. The van der Waals surface area contributed by atoms with Crippen LogP contribution in [-0.2, 0) is 23.0 Å². The third kappa shape index (κ3) is 2.66. The Bertz CT molecular complexity index is 1080. The molecule has 0 amide bonds. The average molecular weight is 395 g/mol. The molecule has 0 unspecified atom stereocenters. The van der Waals surface area contributed by atoms with Crippen molar-refractivity contribution in [3.8, 4) is 6.07 Å². The van der Waals surface area contributed by atoms with Crippen LogP contribution in [0.3, 0.4) is 0 Å². The zero-order valence-corrected chi connectivity index (χ0v) is 16.2. The van der Waals surface area contributed by atoms with E-state index in [-0.39, 0.29) is 6.04 Å². The highest BCUT2D eigenvalue weighted by atomic mass is 35.5. The van der Waals surface area contributed by atoms with Gasteiger partial charge in [-0.15, -0.1) is 0 Å². The molecule has 0 aliphatic carbocycles. The summed E-state index contributed by atoms with van der Waals surface area (Å²) in [5.41, 5.74) is 0.842. The van der Waals surface area contributed by atoms with Crippen LogP contribution < -0.4 is 4.90 Å². The van der Waals surface area contributed by atoms with Crippen molar-refractivity contribution in [2.24, 2.45) is 0 Å². The Morgan fingerprint density at radius 3 is 2.79 bits per heavy atom. The second-order valence-corrected chi connectivity index (χ2v) is 7.92. The second-order valence-electron chi connectivity index (χ2n) is 7.56. The summed E-state index contributed by atoms with van der Waals surface area (Å²) < 4.78 is 11.3. The molecule has 3 aromatic heterocycles. The molecule has 0 radical (unpaired) electrons. The van der Waals surface area contributed by atoms with Crippen molar-refractivity contribution in [2.45, 2.75) is 31.2 Å². The molecule has 1 fully saturated rings. The van der Waals surface area contributed by atoms with Gasteiger partial charge in [0.2, 0.25) is 0 Å². The average Bonchev–Trinajstić information content (AvgIpc) is 3.06. The van der Waals surface area contributed by atoms with Gasteiger partial charge in [0.05, 0.1) is 30.7 Å². The third-order valence-electron chi connectivity index (χ3n) is 5.73. The molecule has 5 rings (SSSR count). The number of nitriles is 1. The quantitative estimate of drug-likeness (QED) is 0.617. The normalized spacial score (nSPS) is 20.9. The van der Waals surface area contributed by atoms with Crippen molar-refractivity contribution in [1.29, 1.82) is 5.26 Å². The van der Waals surface area contributed by atoms with Crippen LogP contribution in [0, 0.1) is 11.3 Å². The van der Waals surface area contributed by atoms with Crippen LogP contribution in [0.4, 0.5) is 5.82 Å². The second kappa shape index (κ2) is 6.47. The molecule has 142 valence electrons. The van der Waals surface area contributed by atoms with Crippen LogP contribution in [0.15, 0.2) is 34.9 Å². The van der Waals surface area contributed by atoms with Crippen molar-refractivity contribution in [3.05, 3.63) is 52.7 Å². The van der Waals surface area contributed by atoms with E-state index >= 15 is 0 Å². The highest BCUT2D eigenvalue weighted by Crippen LogP contribution is 2.42. The van der Waals surface area contributed by atoms with Gasteiger partial charge in [0.25, 0.3) is 0 Å². The standard InChI is InChI=1S/C21H19ClN4O2/c1-13-11-27-7-6-26(13)18-8-17(16-4-5-24-20(22)19(16)25-18)21(12-23)9-14-2-3-15(10-21)28-14/h2-5,8,13H,6-7,9-11H2,1H3/t13-/m1/s1. The van der Waals surface area contributed by atoms with Crippen LogP contribution in [0.1, 0.15) is 24.0 Å². The molecule has 2 bridgehead atoms. The lowest BCUT2D eigenvalue weighted by Gasteiger charge is -2.36. The van der Waals surface area contributed by atoms with Crippen LogP contribution in [0.5, 0.6) is 0 Å². The van der Waals surface area contributed by atoms with Crippen molar-refractivity contribution in [2.75, 3.05) is 24.7 Å². The van der Waals surface area contributed by atoms with Gasteiger partial charge in [0.15, 0.2) is 5.15 Å². The first-order valence-corrected chi connectivity index (χ1v) is 9.76. The van der Waals surface area contributed by atoms with Crippen molar-refractivity contribution < 1.29 is 9.15 Å². The lowest BCUT2D eigenvalue weighted by molar-refractivity contribution is 0.0985. The van der Waals surface area contributed by atoms with Gasteiger partial charge in [-0.1, -0.05) is 11.6 Å². The van der Waals surface area contributed by atoms with Crippen LogP contribution >= 0.6 is 11.6 Å². The highest BCUT2D eigenvalue weighted by molar-refractivity contribution is 6.33. The molecule has 28 heavy (non-hydrogen) atoms. The van der Waals surface area contributed by atoms with Crippen molar-refractivity contribution in [1.82, 2.24) is 9.97 Å². The molecule has 0 saturated carbocycles. The maximum absolute atomic E-state index is 10.3. The molecule has 0 spiro atoms. The molecule has 7 heteroatoms. The molecule has 0 N–H and O–H groups in total. The van der Waals surface area contributed by atoms with Crippen molar-refractivity contribution >= 4 is 28.3 Å². The summed E-state index contributed by atoms with van der Waals surface area (Å²) in [6, 6.07) is 10.6. The topological polar surface area (TPSA) is 75.2 Å². The number of rotatable bonds is 2. The Morgan fingerprint density at radius 1 is 1.29 bits per heavy atom. The van der Waals surface area contributed by atoms with Gasteiger partial charge in [-0.2, -0.15) is 5.26 Å². The first-order valence-electron chi connectivity index (χ1n) is 9.39. The number of halogens is 1. The first kappa shape index (κ1) is 17.5. The summed E-state index contributed by atoms with van der Waals surface area (Å²) in [6.07, 6.45) is 2.73. The fraction of sp³-hybridized carbons (Fsp3) is 0.381. The van der Waals surface area contributed by atoms with Gasteiger partial charge in [0.1, 0.15) is 22.9 Å². The number of morpholine rings is 1. The molecular weight excluding hydrogens is 376 g/mol. The Kier molecular flexibility index (Phi) is 4.04. The fourth-order valence-corrected chi connectivity index (χ4v) is 4.52. The molecule has 6 nitrogen and oxygen atoms in total. The minimum absolute atomic E-state index is 0.191. The molecule has 1 saturated heterocycles. The fourth-order valence-electron chi connectivity index (χ4n) is 4.32. The van der Waals surface area contributed by atoms with E-state index < -0.39 is 5.41 Å². The first-order chi connectivity index (χ1) is 13.6. The third-order valence-corrected chi connectivity index (χ3v) is 6.01. The summed E-state index contributed by atoms with van der Waals surface area (Å²) in [6.45, 7) is 4.15. The van der Waals surface area contributed by atoms with E-state index in [1.165, 1.54) is 0 Å². The number of anilines is 1. The molecule has 0 aromatic carbocycles. The van der Waals surface area contributed by atoms with E-state index in [1.54, 1.807) is 6.20 Å². The Labute approximate surface area is 167 Å². The minimum Gasteiger partial charge on any atom is -0.466 e. The predicted molar refractivity (Wildman–Crippen MR) is 106 cm³/mol. The Hall–Kier alpha value is -2.62. The number of furan rings is 1. The Balaban J connectivity index is 1.74. The number of fused-ring (bicyclic) bond motifs is 3. The summed E-state index contributed by atoms with van der Waals surface area (Å²) in [7, 11) is 0. The zero-order chi connectivity index (χ0) is 19.3. The van der Waals surface area contributed by atoms with Gasteiger partial charge in [-0.25, -0.2) is 9.97 Å². The molecule has 2 aliphatic heterocycles. The van der Waals surface area contributed by atoms with E-state index in [1.807, 2.05) is 18.2 Å². The number of pyridine rings is 2. The lowest BCUT2D eigenvalue weighted by Crippen LogP contribution is -2.44. The number of aromatic nitrogens is 2. The van der Waals surface area contributed by atoms with Gasteiger partial charge >= 0.3 is 0 Å². The number of nitrogens with zero attached hydrogens (tertiary/aromatic N) is 4. The lowest BCUT2D eigenvalue weighted by atomic mass is 9.73. The highest BCUT2D eigenvalue weighted by Gasteiger charge is 2.40. The molecule has 5 heterocycles. The number of hydrogen-bond acceptors (Lipinski definition) is 6. The van der Waals surface area contributed by atoms with Gasteiger partial charge in [-0.05, 0) is 36.8 Å². The number of ether oxygens (including phenoxy) is 1. The summed E-state index contributed by atoms with van der Waals surface area (Å²) in [5.74, 6) is 2.47.